The first-order valence-electron chi connectivity index (χ1n) is 8.65. The van der Waals surface area contributed by atoms with Crippen LogP contribution in [-0.4, -0.2) is 60.9 Å². The van der Waals surface area contributed by atoms with E-state index in [0.29, 0.717) is 25.2 Å². The molecule has 2 rings (SSSR count). The van der Waals surface area contributed by atoms with E-state index in [0.717, 1.165) is 32.4 Å². The zero-order valence-corrected chi connectivity index (χ0v) is 14.3. The second-order valence-corrected chi connectivity index (χ2v) is 6.07. The average molecular weight is 335 g/mol. The number of piperazine rings is 1. The second kappa shape index (κ2) is 9.37. The molecule has 1 saturated heterocycles. The van der Waals surface area contributed by atoms with E-state index in [4.69, 9.17) is 0 Å². The number of hydrogen-bond donors (Lipinski definition) is 1. The van der Waals surface area contributed by atoms with E-state index in [2.05, 4.69) is 12.2 Å². The van der Waals surface area contributed by atoms with Crippen molar-refractivity contribution < 1.29 is 14.0 Å². The number of halogens is 1. The highest BCUT2D eigenvalue weighted by atomic mass is 19.1. The molecule has 0 aliphatic carbocycles. The molecule has 132 valence electrons. The van der Waals surface area contributed by atoms with Crippen molar-refractivity contribution in [3.8, 4) is 0 Å². The van der Waals surface area contributed by atoms with Crippen molar-refractivity contribution >= 4 is 11.8 Å². The van der Waals surface area contributed by atoms with Crippen molar-refractivity contribution in [1.82, 2.24) is 15.1 Å². The smallest absolute Gasteiger partial charge is 0.254 e. The molecule has 0 atom stereocenters. The fourth-order valence-corrected chi connectivity index (χ4v) is 2.76. The van der Waals surface area contributed by atoms with Crippen molar-refractivity contribution in [2.45, 2.75) is 26.2 Å². The third kappa shape index (κ3) is 5.30. The normalized spacial score (nSPS) is 14.5. The molecule has 24 heavy (non-hydrogen) atoms. The monoisotopic (exact) mass is 335 g/mol. The van der Waals surface area contributed by atoms with Crippen LogP contribution in [0.1, 0.15) is 36.5 Å². The van der Waals surface area contributed by atoms with E-state index in [-0.39, 0.29) is 24.2 Å². The molecule has 1 N–H and O–H groups in total. The van der Waals surface area contributed by atoms with E-state index in [9.17, 15) is 14.0 Å². The van der Waals surface area contributed by atoms with Crippen LogP contribution in [-0.2, 0) is 4.79 Å². The number of nitrogens with zero attached hydrogens (tertiary/aromatic N) is 2. The molecular weight excluding hydrogens is 309 g/mol. The lowest BCUT2D eigenvalue weighted by molar-refractivity contribution is -0.132. The summed E-state index contributed by atoms with van der Waals surface area (Å²) in [4.78, 5) is 28.5. The van der Waals surface area contributed by atoms with E-state index < -0.39 is 0 Å². The first kappa shape index (κ1) is 18.4. The van der Waals surface area contributed by atoms with Gasteiger partial charge in [0.25, 0.3) is 5.91 Å². The van der Waals surface area contributed by atoms with E-state index in [1.807, 2.05) is 0 Å². The SMILES string of the molecule is CCCCCN(CC(=O)N1CCNCC1)C(=O)c1ccc(F)cc1. The summed E-state index contributed by atoms with van der Waals surface area (Å²) in [6.45, 7) is 5.64. The van der Waals surface area contributed by atoms with Crippen LogP contribution in [0.4, 0.5) is 4.39 Å². The van der Waals surface area contributed by atoms with Gasteiger partial charge < -0.3 is 15.1 Å². The molecule has 0 bridgehead atoms. The largest absolute Gasteiger partial charge is 0.339 e. The summed E-state index contributed by atoms with van der Waals surface area (Å²) in [7, 11) is 0. The number of carbonyl (C=O) groups excluding carboxylic acids is 2. The quantitative estimate of drug-likeness (QED) is 0.774. The third-order valence-corrected chi connectivity index (χ3v) is 4.21. The minimum absolute atomic E-state index is 0.0246. The predicted molar refractivity (Wildman–Crippen MR) is 91.3 cm³/mol. The molecule has 1 aliphatic heterocycles. The van der Waals surface area contributed by atoms with Crippen LogP contribution in [0.3, 0.4) is 0 Å². The minimum atomic E-state index is -0.374. The predicted octanol–water partition coefficient (Wildman–Crippen LogP) is 1.89. The van der Waals surface area contributed by atoms with Crippen LogP contribution in [0.15, 0.2) is 24.3 Å². The summed E-state index contributed by atoms with van der Waals surface area (Å²) >= 11 is 0. The molecule has 1 aromatic carbocycles. The molecule has 0 radical (unpaired) electrons. The van der Waals surface area contributed by atoms with Gasteiger partial charge in [0, 0.05) is 38.3 Å². The number of nitrogens with one attached hydrogen (secondary N) is 1. The Morgan fingerprint density at radius 3 is 2.46 bits per heavy atom. The summed E-state index contributed by atoms with van der Waals surface area (Å²) in [6, 6.07) is 5.49. The molecule has 1 fully saturated rings. The Labute approximate surface area is 142 Å². The Bertz CT molecular complexity index is 542. The highest BCUT2D eigenvalue weighted by Crippen LogP contribution is 2.10. The van der Waals surface area contributed by atoms with Crippen molar-refractivity contribution in [2.24, 2.45) is 0 Å². The van der Waals surface area contributed by atoms with Crippen molar-refractivity contribution in [1.29, 1.82) is 0 Å². The summed E-state index contributed by atoms with van der Waals surface area (Å²) < 4.78 is 13.1. The van der Waals surface area contributed by atoms with Crippen molar-refractivity contribution in [3.63, 3.8) is 0 Å². The van der Waals surface area contributed by atoms with Gasteiger partial charge in [-0.25, -0.2) is 4.39 Å². The lowest BCUT2D eigenvalue weighted by atomic mass is 10.1. The van der Waals surface area contributed by atoms with Gasteiger partial charge in [-0.05, 0) is 30.7 Å². The third-order valence-electron chi connectivity index (χ3n) is 4.21. The molecule has 1 aromatic rings. The summed E-state index contributed by atoms with van der Waals surface area (Å²) in [5.41, 5.74) is 0.418. The molecular formula is C18H26FN3O2. The molecule has 0 unspecified atom stereocenters. The van der Waals surface area contributed by atoms with Crippen LogP contribution in [0.25, 0.3) is 0 Å². The van der Waals surface area contributed by atoms with Gasteiger partial charge in [0.1, 0.15) is 12.4 Å². The molecule has 6 heteroatoms. The number of benzene rings is 1. The molecule has 0 aromatic heterocycles. The van der Waals surface area contributed by atoms with Gasteiger partial charge in [0.15, 0.2) is 0 Å². The number of hydrogen-bond acceptors (Lipinski definition) is 3. The maximum Gasteiger partial charge on any atom is 0.254 e. The second-order valence-electron chi connectivity index (χ2n) is 6.07. The number of unbranched alkanes of at least 4 members (excludes halogenated alkanes) is 2. The van der Waals surface area contributed by atoms with E-state index in [1.54, 1.807) is 9.80 Å². The summed E-state index contributed by atoms with van der Waals surface area (Å²) in [5, 5.41) is 3.21. The lowest BCUT2D eigenvalue weighted by Gasteiger charge is -2.30. The van der Waals surface area contributed by atoms with E-state index >= 15 is 0 Å². The number of rotatable bonds is 7. The zero-order chi connectivity index (χ0) is 17.4. The summed E-state index contributed by atoms with van der Waals surface area (Å²) in [6.07, 6.45) is 2.91. The highest BCUT2D eigenvalue weighted by Gasteiger charge is 2.23. The molecule has 0 spiro atoms. The fourth-order valence-electron chi connectivity index (χ4n) is 2.76. The maximum atomic E-state index is 13.1. The Hall–Kier alpha value is -1.95. The Morgan fingerprint density at radius 1 is 1.17 bits per heavy atom. The first-order chi connectivity index (χ1) is 11.6. The van der Waals surface area contributed by atoms with Crippen LogP contribution >= 0.6 is 0 Å². The number of carbonyl (C=O) groups is 2. The van der Waals surface area contributed by atoms with Gasteiger partial charge in [0.2, 0.25) is 5.91 Å². The van der Waals surface area contributed by atoms with Gasteiger partial charge in [-0.2, -0.15) is 0 Å². The molecule has 1 heterocycles. The Balaban J connectivity index is 2.03. The standard InChI is InChI=1S/C18H26FN3O2/c1-2-3-4-11-22(14-17(23)21-12-9-20-10-13-21)18(24)15-5-7-16(19)8-6-15/h5-8,20H,2-4,9-14H2,1H3. The van der Waals surface area contributed by atoms with Gasteiger partial charge in [-0.15, -0.1) is 0 Å². The zero-order valence-electron chi connectivity index (χ0n) is 14.3. The van der Waals surface area contributed by atoms with Crippen LogP contribution in [0.2, 0.25) is 0 Å². The summed E-state index contributed by atoms with van der Waals surface area (Å²) in [5.74, 6) is -0.612. The average Bonchev–Trinajstić information content (AvgIpc) is 2.61. The van der Waals surface area contributed by atoms with Crippen molar-refractivity contribution in [3.05, 3.63) is 35.6 Å². The highest BCUT2D eigenvalue weighted by molar-refractivity contribution is 5.96. The molecule has 0 saturated carbocycles. The van der Waals surface area contributed by atoms with Crippen LogP contribution in [0, 0.1) is 5.82 Å². The van der Waals surface area contributed by atoms with Gasteiger partial charge in [0.05, 0.1) is 0 Å². The van der Waals surface area contributed by atoms with Crippen LogP contribution < -0.4 is 5.32 Å². The Kier molecular flexibility index (Phi) is 7.18. The van der Waals surface area contributed by atoms with Crippen LogP contribution in [0.5, 0.6) is 0 Å². The van der Waals surface area contributed by atoms with Gasteiger partial charge in [-0.3, -0.25) is 9.59 Å². The first-order valence-corrected chi connectivity index (χ1v) is 8.65. The maximum absolute atomic E-state index is 13.1. The van der Waals surface area contributed by atoms with E-state index in [1.165, 1.54) is 24.3 Å². The van der Waals surface area contributed by atoms with Crippen molar-refractivity contribution in [2.75, 3.05) is 39.3 Å². The lowest BCUT2D eigenvalue weighted by Crippen LogP contribution is -2.50. The fraction of sp³-hybridized carbons (Fsp3) is 0.556. The molecule has 1 aliphatic rings. The molecule has 2 amide bonds. The van der Waals surface area contributed by atoms with Gasteiger partial charge in [-0.1, -0.05) is 19.8 Å². The number of amides is 2. The Morgan fingerprint density at radius 2 is 1.83 bits per heavy atom. The molecule has 5 nitrogen and oxygen atoms in total. The van der Waals surface area contributed by atoms with Gasteiger partial charge >= 0.3 is 0 Å². The minimum Gasteiger partial charge on any atom is -0.339 e. The topological polar surface area (TPSA) is 52.7 Å².